The van der Waals surface area contributed by atoms with Crippen LogP contribution in [0.4, 0.5) is 5.82 Å². The molecule has 1 aromatic heterocycles. The van der Waals surface area contributed by atoms with Crippen molar-refractivity contribution in [2.24, 2.45) is 0 Å². The van der Waals surface area contributed by atoms with E-state index in [0.717, 1.165) is 6.92 Å². The number of hydrogen-bond donors (Lipinski definition) is 6. The van der Waals surface area contributed by atoms with Gasteiger partial charge in [-0.3, -0.25) is 9.13 Å². The molecule has 12 heteroatoms. The number of nitrogens with one attached hydrogen (secondary N) is 1. The smallest absolute Gasteiger partial charge is 0.366 e. The van der Waals surface area contributed by atoms with Crippen molar-refractivity contribution in [1.29, 1.82) is 0 Å². The monoisotopic (exact) mass is 363 g/mol. The van der Waals surface area contributed by atoms with E-state index in [1.807, 2.05) is 0 Å². The zero-order valence-electron chi connectivity index (χ0n) is 11.8. The molecule has 0 saturated heterocycles. The number of rotatable bonds is 5. The summed E-state index contributed by atoms with van der Waals surface area (Å²) in [6.45, 7) is 1.04. The van der Waals surface area contributed by atoms with Gasteiger partial charge in [-0.05, 0) is 19.1 Å². The number of aromatic nitrogens is 2. The van der Waals surface area contributed by atoms with Crippen LogP contribution < -0.4 is 5.32 Å². The average molecular weight is 363 g/mol. The van der Waals surface area contributed by atoms with Gasteiger partial charge in [0.2, 0.25) is 0 Å². The van der Waals surface area contributed by atoms with Crippen LogP contribution in [0.3, 0.4) is 0 Å². The molecule has 2 rings (SSSR count). The first-order valence-electron chi connectivity index (χ1n) is 6.28. The van der Waals surface area contributed by atoms with Gasteiger partial charge in [0.05, 0.1) is 11.6 Å². The molecule has 0 aliphatic heterocycles. The molecule has 0 amide bonds. The number of para-hydroxylation sites is 1. The second-order valence-electron chi connectivity index (χ2n) is 4.88. The molecule has 23 heavy (non-hydrogen) atoms. The van der Waals surface area contributed by atoms with Crippen LogP contribution in [0, 0.1) is 0 Å². The van der Waals surface area contributed by atoms with E-state index in [2.05, 4.69) is 15.3 Å². The maximum Gasteiger partial charge on any atom is 0.371 e. The molecule has 10 nitrogen and oxygen atoms in total. The molecule has 0 aliphatic carbocycles. The third-order valence-corrected chi connectivity index (χ3v) is 7.39. The van der Waals surface area contributed by atoms with E-state index in [9.17, 15) is 33.8 Å². The van der Waals surface area contributed by atoms with Crippen molar-refractivity contribution in [3.63, 3.8) is 0 Å². The predicted octanol–water partition coefficient (Wildman–Crippen LogP) is 0.432. The molecule has 1 heterocycles. The van der Waals surface area contributed by atoms with E-state index in [1.165, 1.54) is 6.33 Å². The van der Waals surface area contributed by atoms with E-state index in [4.69, 9.17) is 0 Å². The molecule has 2 aromatic rings. The second-order valence-corrected chi connectivity index (χ2v) is 8.77. The second kappa shape index (κ2) is 5.92. The molecule has 0 fully saturated rings. The molecular weight excluding hydrogens is 348 g/mol. The fourth-order valence-corrected chi connectivity index (χ4v) is 4.59. The minimum atomic E-state index is -5.58. The molecule has 126 valence electrons. The third kappa shape index (κ3) is 3.15. The summed E-state index contributed by atoms with van der Waals surface area (Å²) in [7, 11) is -11.2. The number of benzene rings is 1. The van der Waals surface area contributed by atoms with Crippen molar-refractivity contribution >= 4 is 31.9 Å². The van der Waals surface area contributed by atoms with Crippen molar-refractivity contribution in [1.82, 2.24) is 9.97 Å². The van der Waals surface area contributed by atoms with E-state index >= 15 is 0 Å². The molecule has 0 aliphatic rings. The summed E-state index contributed by atoms with van der Waals surface area (Å²) >= 11 is 0. The Balaban J connectivity index is 2.49. The standard InChI is InChI=1S/C11H15N3O7P2/c1-7(11(15,22(16,17)18)23(19,20)21)14-10-8-4-2-3-5-9(8)12-6-13-10/h2-7,15H,1H3,(H,12,13,14)(H2,16,17,18)(H2,19,20,21). The summed E-state index contributed by atoms with van der Waals surface area (Å²) < 4.78 is 22.9. The van der Waals surface area contributed by atoms with Crippen LogP contribution in [-0.4, -0.2) is 45.8 Å². The van der Waals surface area contributed by atoms with Gasteiger partial charge in [-0.2, -0.15) is 0 Å². The van der Waals surface area contributed by atoms with Gasteiger partial charge in [0, 0.05) is 5.39 Å². The van der Waals surface area contributed by atoms with E-state index < -0.39 is 26.3 Å². The van der Waals surface area contributed by atoms with Gasteiger partial charge in [-0.15, -0.1) is 0 Å². The highest BCUT2D eigenvalue weighted by atomic mass is 31.2. The summed E-state index contributed by atoms with van der Waals surface area (Å²) in [5.74, 6) is 0.0726. The summed E-state index contributed by atoms with van der Waals surface area (Å²) in [6, 6.07) is 4.94. The largest absolute Gasteiger partial charge is 0.371 e. The minimum Gasteiger partial charge on any atom is -0.366 e. The summed E-state index contributed by atoms with van der Waals surface area (Å²) in [4.78, 5) is 44.8. The molecule has 0 saturated carbocycles. The molecule has 1 aromatic carbocycles. The molecule has 1 atom stereocenters. The first kappa shape index (κ1) is 18.0. The Morgan fingerprint density at radius 3 is 2.22 bits per heavy atom. The van der Waals surface area contributed by atoms with Gasteiger partial charge < -0.3 is 30.0 Å². The molecule has 0 spiro atoms. The summed E-state index contributed by atoms with van der Waals surface area (Å²) in [5, 5.41) is 9.37. The van der Waals surface area contributed by atoms with Crippen molar-refractivity contribution in [3.05, 3.63) is 30.6 Å². The number of hydrogen-bond acceptors (Lipinski definition) is 6. The lowest BCUT2D eigenvalue weighted by molar-refractivity contribution is 0.118. The zero-order valence-corrected chi connectivity index (χ0v) is 13.6. The Morgan fingerprint density at radius 2 is 1.65 bits per heavy atom. The van der Waals surface area contributed by atoms with Gasteiger partial charge in [0.15, 0.2) is 0 Å². The van der Waals surface area contributed by atoms with Crippen LogP contribution in [0.25, 0.3) is 10.9 Å². The highest BCUT2D eigenvalue weighted by Crippen LogP contribution is 2.69. The van der Waals surface area contributed by atoms with Gasteiger partial charge in [0.25, 0.3) is 5.08 Å². The van der Waals surface area contributed by atoms with Crippen LogP contribution >= 0.6 is 15.2 Å². The lowest BCUT2D eigenvalue weighted by Crippen LogP contribution is -2.44. The molecule has 0 bridgehead atoms. The molecule has 0 radical (unpaired) electrons. The van der Waals surface area contributed by atoms with Crippen LogP contribution in [0.1, 0.15) is 6.92 Å². The summed E-state index contributed by atoms with van der Waals surface area (Å²) in [5.41, 5.74) is 0.507. The SMILES string of the molecule is CC(Nc1ncnc2ccccc12)C(O)(P(=O)(O)O)P(=O)(O)O. The maximum absolute atomic E-state index is 11.5. The lowest BCUT2D eigenvalue weighted by Gasteiger charge is -2.34. The Hall–Kier alpha value is -1.38. The van der Waals surface area contributed by atoms with Crippen molar-refractivity contribution < 1.29 is 33.8 Å². The average Bonchev–Trinajstić information content (AvgIpc) is 2.44. The highest BCUT2D eigenvalue weighted by Gasteiger charge is 2.63. The molecule has 6 N–H and O–H groups in total. The van der Waals surface area contributed by atoms with Gasteiger partial charge >= 0.3 is 15.2 Å². The fourth-order valence-electron chi connectivity index (χ4n) is 2.10. The van der Waals surface area contributed by atoms with E-state index in [-0.39, 0.29) is 5.82 Å². The van der Waals surface area contributed by atoms with E-state index in [1.54, 1.807) is 24.3 Å². The third-order valence-electron chi connectivity index (χ3n) is 3.33. The van der Waals surface area contributed by atoms with Crippen molar-refractivity contribution in [2.45, 2.75) is 18.0 Å². The van der Waals surface area contributed by atoms with Crippen molar-refractivity contribution in [3.8, 4) is 0 Å². The first-order chi connectivity index (χ1) is 10.5. The fraction of sp³-hybridized carbons (Fsp3) is 0.273. The Labute approximate surface area is 130 Å². The number of fused-ring (bicyclic) bond motifs is 1. The highest BCUT2D eigenvalue weighted by molar-refractivity contribution is 7.72. The summed E-state index contributed by atoms with van der Waals surface area (Å²) in [6.07, 6.45) is 1.17. The van der Waals surface area contributed by atoms with Crippen LogP contribution in [0.5, 0.6) is 0 Å². The lowest BCUT2D eigenvalue weighted by atomic mass is 10.2. The first-order valence-corrected chi connectivity index (χ1v) is 9.51. The van der Waals surface area contributed by atoms with Crippen molar-refractivity contribution in [2.75, 3.05) is 5.32 Å². The Kier molecular flexibility index (Phi) is 4.62. The maximum atomic E-state index is 11.5. The minimum absolute atomic E-state index is 0.0726. The number of nitrogens with zero attached hydrogens (tertiary/aromatic N) is 2. The molecular formula is C11H15N3O7P2. The van der Waals surface area contributed by atoms with Crippen LogP contribution in [-0.2, 0) is 9.13 Å². The topological polar surface area (TPSA) is 173 Å². The Morgan fingerprint density at radius 1 is 1.09 bits per heavy atom. The van der Waals surface area contributed by atoms with Gasteiger partial charge in [0.1, 0.15) is 12.1 Å². The normalized spacial score (nSPS) is 14.7. The van der Waals surface area contributed by atoms with Gasteiger partial charge in [-0.25, -0.2) is 9.97 Å². The number of aliphatic hydroxyl groups is 1. The van der Waals surface area contributed by atoms with Crippen LogP contribution in [0.2, 0.25) is 0 Å². The van der Waals surface area contributed by atoms with Crippen LogP contribution in [0.15, 0.2) is 30.6 Å². The van der Waals surface area contributed by atoms with E-state index in [0.29, 0.717) is 10.9 Å². The molecule has 1 unspecified atom stereocenters. The quantitative estimate of drug-likeness (QED) is 0.409. The Bertz CT molecular complexity index is 791. The number of anilines is 1. The zero-order chi connectivity index (χ0) is 17.5. The van der Waals surface area contributed by atoms with Gasteiger partial charge in [-0.1, -0.05) is 12.1 Å². The predicted molar refractivity (Wildman–Crippen MR) is 81.7 cm³/mol.